The Morgan fingerprint density at radius 3 is 2.57 bits per heavy atom. The average Bonchev–Trinajstić information content (AvgIpc) is 3.05. The molecule has 2 aliphatic rings. The monoisotopic (exact) mass is 711 g/mol. The van der Waals surface area contributed by atoms with Crippen LogP contribution in [0.3, 0.4) is 0 Å². The number of hydrogen-bond acceptors (Lipinski definition) is 2. The number of quaternary nitrogens is 1. The second-order valence-corrected chi connectivity index (χ2v) is 11.2. The maximum atomic E-state index is 2.54. The molecule has 0 unspecified atom stereocenters. The standard InChI is InChI=1S/C29H35N3S.2HI/c1-32(2,3)22-10-19-30-21-18-23(25-12-4-5-13-26(25)30)16-17-24-11-8-9-20-31-27-14-6-7-15-28(27)33-29(24)31;;/h4-7,12-18,21H,8-11,19-20,22H2,1-3H3;2*1H/q+2;;/p-2. The zero-order chi connectivity index (χ0) is 22.8. The Morgan fingerprint density at radius 2 is 1.74 bits per heavy atom. The van der Waals surface area contributed by atoms with Crippen LogP contribution in [0.15, 0.2) is 73.0 Å². The molecule has 0 N–H and O–H groups in total. The molecule has 5 rings (SSSR count). The van der Waals surface area contributed by atoms with Gasteiger partial charge in [0.1, 0.15) is 4.70 Å². The number of para-hydroxylation sites is 2. The lowest BCUT2D eigenvalue weighted by atomic mass is 9.98. The fourth-order valence-electron chi connectivity index (χ4n) is 4.90. The van der Waals surface area contributed by atoms with Gasteiger partial charge in [-0.15, -0.1) is 0 Å². The highest BCUT2D eigenvalue weighted by Crippen LogP contribution is 2.35. The smallest absolute Gasteiger partial charge is 0.265 e. The number of anilines is 1. The van der Waals surface area contributed by atoms with Crippen LogP contribution in [0.4, 0.5) is 5.69 Å². The molecule has 0 saturated heterocycles. The van der Waals surface area contributed by atoms with Crippen molar-refractivity contribution in [2.24, 2.45) is 0 Å². The third-order valence-corrected chi connectivity index (χ3v) is 7.85. The second kappa shape index (κ2) is 12.3. The number of aromatic nitrogens is 1. The van der Waals surface area contributed by atoms with Crippen molar-refractivity contribution in [1.29, 1.82) is 0 Å². The molecule has 35 heavy (non-hydrogen) atoms. The van der Waals surface area contributed by atoms with Crippen molar-refractivity contribution in [3.63, 3.8) is 0 Å². The van der Waals surface area contributed by atoms with Gasteiger partial charge < -0.3 is 57.3 Å². The van der Waals surface area contributed by atoms with Crippen molar-refractivity contribution < 1.29 is 57.0 Å². The minimum Gasteiger partial charge on any atom is -1.00 e. The number of thiazole rings is 1. The highest BCUT2D eigenvalue weighted by atomic mass is 127. The lowest BCUT2D eigenvalue weighted by molar-refractivity contribution is -0.870. The number of allylic oxidation sites excluding steroid dienone is 5. The van der Waals surface area contributed by atoms with Gasteiger partial charge in [0.25, 0.3) is 5.01 Å². The molecule has 3 aromatic rings. The van der Waals surface area contributed by atoms with Gasteiger partial charge in [-0.1, -0.05) is 53.8 Å². The fourth-order valence-corrected chi connectivity index (χ4v) is 6.14. The van der Waals surface area contributed by atoms with Gasteiger partial charge in [-0.3, -0.25) is 0 Å². The quantitative estimate of drug-likeness (QED) is 0.210. The Hall–Kier alpha value is -1.23. The van der Waals surface area contributed by atoms with E-state index in [0.717, 1.165) is 24.0 Å². The summed E-state index contributed by atoms with van der Waals surface area (Å²) in [5, 5.41) is 1.43. The van der Waals surface area contributed by atoms with E-state index < -0.39 is 0 Å². The molecule has 186 valence electrons. The summed E-state index contributed by atoms with van der Waals surface area (Å²) in [6, 6.07) is 17.7. The molecule has 0 aliphatic carbocycles. The average molecular weight is 711 g/mol. The van der Waals surface area contributed by atoms with E-state index in [1.165, 1.54) is 63.4 Å². The first-order chi connectivity index (χ1) is 16.0. The number of fused-ring (bicyclic) bond motifs is 4. The predicted octanol–water partition coefficient (Wildman–Crippen LogP) is 0.278. The van der Waals surface area contributed by atoms with Crippen molar-refractivity contribution in [2.45, 2.75) is 32.2 Å². The van der Waals surface area contributed by atoms with Crippen LogP contribution < -0.4 is 57.4 Å². The van der Waals surface area contributed by atoms with E-state index in [9.17, 15) is 0 Å². The van der Waals surface area contributed by atoms with Gasteiger partial charge in [0.05, 0.1) is 27.7 Å². The molecule has 0 bridgehead atoms. The van der Waals surface area contributed by atoms with Crippen LogP contribution >= 0.6 is 11.3 Å². The molecule has 2 aliphatic heterocycles. The molecular formula is C29H35I2N3S. The summed E-state index contributed by atoms with van der Waals surface area (Å²) in [7, 11) is 6.80. The minimum atomic E-state index is 0. The normalized spacial score (nSPS) is 17.5. The fraction of sp³-hybridized carbons (Fsp3) is 0.345. The summed E-state index contributed by atoms with van der Waals surface area (Å²) < 4.78 is 4.94. The van der Waals surface area contributed by atoms with Crippen molar-refractivity contribution in [1.82, 2.24) is 0 Å². The first-order valence-electron chi connectivity index (χ1n) is 12.2. The van der Waals surface area contributed by atoms with E-state index >= 15 is 0 Å². The Labute approximate surface area is 248 Å². The van der Waals surface area contributed by atoms with Gasteiger partial charge in [-0.2, -0.15) is 4.57 Å². The first-order valence-corrected chi connectivity index (χ1v) is 13.0. The predicted molar refractivity (Wildman–Crippen MR) is 142 cm³/mol. The zero-order valence-corrected chi connectivity index (χ0v) is 26.0. The summed E-state index contributed by atoms with van der Waals surface area (Å²) in [4.78, 5) is 2.42. The lowest BCUT2D eigenvalue weighted by Crippen LogP contribution is -3.00. The Bertz CT molecular complexity index is 1250. The number of aryl methyl sites for hydroxylation is 1. The Kier molecular flexibility index (Phi) is 9.99. The Balaban J connectivity index is 0.00000171. The maximum absolute atomic E-state index is 2.54. The van der Waals surface area contributed by atoms with E-state index in [0.29, 0.717) is 0 Å². The molecule has 3 heterocycles. The molecule has 2 aromatic carbocycles. The van der Waals surface area contributed by atoms with Crippen molar-refractivity contribution in [3.8, 4) is 0 Å². The number of halogens is 2. The third-order valence-electron chi connectivity index (χ3n) is 6.61. The van der Waals surface area contributed by atoms with Gasteiger partial charge in [0, 0.05) is 48.5 Å². The van der Waals surface area contributed by atoms with Crippen LogP contribution in [-0.2, 0) is 6.54 Å². The summed E-state index contributed by atoms with van der Waals surface area (Å²) in [6.45, 7) is 3.36. The lowest BCUT2D eigenvalue weighted by Gasteiger charge is -2.29. The van der Waals surface area contributed by atoms with Gasteiger partial charge in [0.15, 0.2) is 6.54 Å². The zero-order valence-electron chi connectivity index (χ0n) is 20.9. The molecular weight excluding hydrogens is 676 g/mol. The highest BCUT2D eigenvalue weighted by molar-refractivity contribution is 7.19. The largest absolute Gasteiger partial charge is 1.00 e. The Morgan fingerprint density at radius 1 is 0.971 bits per heavy atom. The number of rotatable bonds is 5. The van der Waals surface area contributed by atoms with Crippen molar-refractivity contribution in [2.75, 3.05) is 39.1 Å². The highest BCUT2D eigenvalue weighted by Gasteiger charge is 2.25. The van der Waals surface area contributed by atoms with Gasteiger partial charge in [-0.25, -0.2) is 0 Å². The molecule has 1 aromatic heterocycles. The van der Waals surface area contributed by atoms with Gasteiger partial charge in [-0.05, 0) is 36.6 Å². The molecule has 3 nitrogen and oxygen atoms in total. The van der Waals surface area contributed by atoms with Crippen LogP contribution in [0, 0.1) is 0 Å². The molecule has 0 fully saturated rings. The van der Waals surface area contributed by atoms with Gasteiger partial charge in [0.2, 0.25) is 5.52 Å². The molecule has 0 spiro atoms. The van der Waals surface area contributed by atoms with E-state index in [4.69, 9.17) is 0 Å². The SMILES string of the molecule is C[N+](C)(C)CCCN1C=CC(=CC=C2CCCC[n+]3c2sc2ccccc23)c2ccccc21.[I-].[I-]. The first kappa shape index (κ1) is 28.3. The summed E-state index contributed by atoms with van der Waals surface area (Å²) >= 11 is 1.94. The summed E-state index contributed by atoms with van der Waals surface area (Å²) in [5.41, 5.74) is 6.81. The van der Waals surface area contributed by atoms with Crippen LogP contribution in [0.5, 0.6) is 0 Å². The van der Waals surface area contributed by atoms with E-state index in [2.05, 4.69) is 104 Å². The number of hydrogen-bond donors (Lipinski definition) is 0. The summed E-state index contributed by atoms with van der Waals surface area (Å²) in [5.74, 6) is 0. The molecule has 0 amide bonds. The molecule has 6 heteroatoms. The third kappa shape index (κ3) is 6.56. The van der Waals surface area contributed by atoms with E-state index in [-0.39, 0.29) is 48.0 Å². The molecule has 0 radical (unpaired) electrons. The minimum absolute atomic E-state index is 0. The van der Waals surface area contributed by atoms with Crippen LogP contribution in [0.2, 0.25) is 0 Å². The van der Waals surface area contributed by atoms with Crippen molar-refractivity contribution in [3.05, 3.63) is 83.5 Å². The van der Waals surface area contributed by atoms with Crippen molar-refractivity contribution >= 4 is 38.4 Å². The van der Waals surface area contributed by atoms with Crippen LogP contribution in [-0.4, -0.2) is 38.7 Å². The van der Waals surface area contributed by atoms with Crippen LogP contribution in [0.25, 0.3) is 21.4 Å². The number of benzene rings is 2. The van der Waals surface area contributed by atoms with E-state index in [1.54, 1.807) is 0 Å². The van der Waals surface area contributed by atoms with E-state index in [1.807, 2.05) is 11.3 Å². The van der Waals surface area contributed by atoms with Crippen LogP contribution in [0.1, 0.15) is 36.3 Å². The van der Waals surface area contributed by atoms with Gasteiger partial charge >= 0.3 is 0 Å². The molecule has 0 saturated carbocycles. The molecule has 0 atom stereocenters. The topological polar surface area (TPSA) is 7.12 Å². The maximum Gasteiger partial charge on any atom is 0.265 e. The second-order valence-electron chi connectivity index (χ2n) is 10.2. The number of nitrogens with zero attached hydrogens (tertiary/aromatic N) is 3. The summed E-state index contributed by atoms with van der Waals surface area (Å²) in [6.07, 6.45) is 14.1.